The number of nitrogens with zero attached hydrogens (tertiary/aromatic N) is 3. The van der Waals surface area contributed by atoms with E-state index in [-0.39, 0.29) is 11.9 Å². The molecule has 0 amide bonds. The van der Waals surface area contributed by atoms with E-state index < -0.39 is 0 Å². The SMILES string of the molecule is NC(N)=NC(N)=NCCc1c[nH]c2nccc(Cl)c12. The number of hydrogen-bond acceptors (Lipinski definition) is 2. The van der Waals surface area contributed by atoms with Crippen LogP contribution in [0.1, 0.15) is 5.56 Å². The number of halogens is 1. The van der Waals surface area contributed by atoms with Crippen LogP contribution in [0.3, 0.4) is 0 Å². The monoisotopic (exact) mass is 279 g/mol. The third-order valence-corrected chi connectivity index (χ3v) is 2.82. The molecule has 100 valence electrons. The van der Waals surface area contributed by atoms with Gasteiger partial charge in [0.25, 0.3) is 0 Å². The third-order valence-electron chi connectivity index (χ3n) is 2.50. The summed E-state index contributed by atoms with van der Waals surface area (Å²) in [6.45, 7) is 0.459. The Hall–Kier alpha value is -2.28. The van der Waals surface area contributed by atoms with Crippen LogP contribution >= 0.6 is 11.6 Å². The van der Waals surface area contributed by atoms with E-state index in [9.17, 15) is 0 Å². The Morgan fingerprint density at radius 3 is 2.89 bits per heavy atom. The normalized spacial score (nSPS) is 11.7. The fourth-order valence-corrected chi connectivity index (χ4v) is 2.00. The molecular weight excluding hydrogens is 266 g/mol. The molecule has 7 nitrogen and oxygen atoms in total. The van der Waals surface area contributed by atoms with Crippen molar-refractivity contribution in [2.24, 2.45) is 27.2 Å². The van der Waals surface area contributed by atoms with Crippen molar-refractivity contribution in [3.8, 4) is 0 Å². The number of aliphatic imine (C=N–C) groups is 2. The number of rotatable bonds is 3. The van der Waals surface area contributed by atoms with Gasteiger partial charge in [-0.3, -0.25) is 4.99 Å². The summed E-state index contributed by atoms with van der Waals surface area (Å²) in [5.74, 6) is -0.0512. The van der Waals surface area contributed by atoms with Crippen molar-refractivity contribution in [2.45, 2.75) is 6.42 Å². The van der Waals surface area contributed by atoms with Crippen LogP contribution in [0.4, 0.5) is 0 Å². The van der Waals surface area contributed by atoms with Crippen LogP contribution < -0.4 is 17.2 Å². The molecule has 0 saturated heterocycles. The molecule has 0 fully saturated rings. The van der Waals surface area contributed by atoms with Crippen LogP contribution in [0, 0.1) is 0 Å². The lowest BCUT2D eigenvalue weighted by Crippen LogP contribution is -2.26. The van der Waals surface area contributed by atoms with Gasteiger partial charge in [-0.2, -0.15) is 4.99 Å². The van der Waals surface area contributed by atoms with Gasteiger partial charge < -0.3 is 22.2 Å². The molecule has 7 N–H and O–H groups in total. The number of aromatic amines is 1. The highest BCUT2D eigenvalue weighted by Gasteiger charge is 2.07. The second-order valence-electron chi connectivity index (χ2n) is 3.86. The highest BCUT2D eigenvalue weighted by molar-refractivity contribution is 6.35. The molecule has 0 bridgehead atoms. The molecule has 0 atom stereocenters. The highest BCUT2D eigenvalue weighted by atomic mass is 35.5. The Kier molecular flexibility index (Phi) is 3.86. The zero-order valence-electron chi connectivity index (χ0n) is 10.1. The molecule has 0 unspecified atom stereocenters. The average molecular weight is 280 g/mol. The van der Waals surface area contributed by atoms with Crippen molar-refractivity contribution in [2.75, 3.05) is 6.54 Å². The number of H-pyrrole nitrogens is 1. The van der Waals surface area contributed by atoms with E-state index in [4.69, 9.17) is 28.8 Å². The minimum atomic E-state index is -0.111. The van der Waals surface area contributed by atoms with Gasteiger partial charge in [0.2, 0.25) is 5.96 Å². The van der Waals surface area contributed by atoms with Crippen molar-refractivity contribution in [1.29, 1.82) is 0 Å². The van der Waals surface area contributed by atoms with E-state index in [1.807, 2.05) is 6.20 Å². The van der Waals surface area contributed by atoms with E-state index >= 15 is 0 Å². The van der Waals surface area contributed by atoms with E-state index in [0.29, 0.717) is 18.0 Å². The van der Waals surface area contributed by atoms with Gasteiger partial charge in [0, 0.05) is 24.3 Å². The van der Waals surface area contributed by atoms with E-state index in [1.165, 1.54) is 0 Å². The number of hydrogen-bond donors (Lipinski definition) is 4. The summed E-state index contributed by atoms with van der Waals surface area (Å²) in [5.41, 5.74) is 17.7. The van der Waals surface area contributed by atoms with Crippen LogP contribution in [-0.2, 0) is 6.42 Å². The zero-order valence-corrected chi connectivity index (χ0v) is 10.9. The van der Waals surface area contributed by atoms with Gasteiger partial charge >= 0.3 is 0 Å². The Bertz CT molecular complexity index is 640. The highest BCUT2D eigenvalue weighted by Crippen LogP contribution is 2.25. The quantitative estimate of drug-likeness (QED) is 0.476. The maximum absolute atomic E-state index is 6.14. The molecule has 0 radical (unpaired) electrons. The fourth-order valence-electron chi connectivity index (χ4n) is 1.74. The summed E-state index contributed by atoms with van der Waals surface area (Å²) in [7, 11) is 0. The fraction of sp³-hybridized carbons (Fsp3) is 0.182. The summed E-state index contributed by atoms with van der Waals surface area (Å²) < 4.78 is 0. The lowest BCUT2D eigenvalue weighted by molar-refractivity contribution is 0.969. The Balaban J connectivity index is 2.13. The number of nitrogens with two attached hydrogens (primary N) is 3. The smallest absolute Gasteiger partial charge is 0.218 e. The first-order valence-electron chi connectivity index (χ1n) is 5.58. The maximum atomic E-state index is 6.14. The first kappa shape index (κ1) is 13.2. The molecule has 0 aliphatic heterocycles. The third kappa shape index (κ3) is 3.14. The molecule has 2 aromatic heterocycles. The topological polar surface area (TPSA) is 131 Å². The second-order valence-corrected chi connectivity index (χ2v) is 4.26. The molecule has 0 saturated carbocycles. The molecule has 2 rings (SSSR count). The van der Waals surface area contributed by atoms with Crippen molar-refractivity contribution in [3.63, 3.8) is 0 Å². The summed E-state index contributed by atoms with van der Waals surface area (Å²) >= 11 is 6.14. The predicted octanol–water partition coefficient (Wildman–Crippen LogP) is 0.347. The van der Waals surface area contributed by atoms with Gasteiger partial charge in [-0.05, 0) is 18.1 Å². The van der Waals surface area contributed by atoms with Crippen molar-refractivity contribution in [1.82, 2.24) is 9.97 Å². The molecule has 0 aliphatic carbocycles. The molecule has 19 heavy (non-hydrogen) atoms. The zero-order chi connectivity index (χ0) is 13.8. The summed E-state index contributed by atoms with van der Waals surface area (Å²) in [6.07, 6.45) is 4.17. The number of guanidine groups is 2. The van der Waals surface area contributed by atoms with Crippen molar-refractivity contribution in [3.05, 3.63) is 29.0 Å². The molecule has 2 aromatic rings. The molecule has 0 aromatic carbocycles. The van der Waals surface area contributed by atoms with Crippen LogP contribution in [0.15, 0.2) is 28.4 Å². The minimum absolute atomic E-state index is 0.0593. The van der Waals surface area contributed by atoms with E-state index in [1.54, 1.807) is 12.3 Å². The molecule has 0 spiro atoms. The van der Waals surface area contributed by atoms with Crippen molar-refractivity contribution < 1.29 is 0 Å². The number of aromatic nitrogens is 2. The van der Waals surface area contributed by atoms with Gasteiger partial charge in [0.15, 0.2) is 5.96 Å². The van der Waals surface area contributed by atoms with Gasteiger partial charge in [-0.15, -0.1) is 0 Å². The Morgan fingerprint density at radius 2 is 2.16 bits per heavy atom. The largest absolute Gasteiger partial charge is 0.370 e. The summed E-state index contributed by atoms with van der Waals surface area (Å²) in [4.78, 5) is 14.9. The molecule has 2 heterocycles. The Morgan fingerprint density at radius 1 is 1.37 bits per heavy atom. The van der Waals surface area contributed by atoms with Crippen LogP contribution in [0.25, 0.3) is 11.0 Å². The first-order valence-corrected chi connectivity index (χ1v) is 5.95. The standard InChI is InChI=1S/C11H14ClN7/c12-7-2-4-16-9-8(7)6(5-18-9)1-3-17-11(15)19-10(13)14/h2,4-5H,1,3H2,(H,16,18)(H6,13,14,15,17,19). The first-order chi connectivity index (χ1) is 9.08. The van der Waals surface area contributed by atoms with Gasteiger partial charge in [0.1, 0.15) is 5.65 Å². The maximum Gasteiger partial charge on any atom is 0.218 e. The molecule has 0 aliphatic rings. The van der Waals surface area contributed by atoms with Crippen LogP contribution in [0.2, 0.25) is 5.02 Å². The summed E-state index contributed by atoms with van der Waals surface area (Å²) in [5, 5.41) is 1.56. The number of pyridine rings is 1. The lowest BCUT2D eigenvalue weighted by Gasteiger charge is -1.99. The second kappa shape index (κ2) is 5.57. The van der Waals surface area contributed by atoms with Gasteiger partial charge in [0.05, 0.1) is 5.02 Å². The number of nitrogens with one attached hydrogen (secondary N) is 1. The Labute approximate surface area is 114 Å². The van der Waals surface area contributed by atoms with E-state index in [0.717, 1.165) is 16.6 Å². The van der Waals surface area contributed by atoms with Crippen LogP contribution in [0.5, 0.6) is 0 Å². The average Bonchev–Trinajstić information content (AvgIpc) is 2.73. The van der Waals surface area contributed by atoms with Crippen LogP contribution in [-0.4, -0.2) is 28.4 Å². The van der Waals surface area contributed by atoms with Crippen molar-refractivity contribution >= 4 is 34.6 Å². The summed E-state index contributed by atoms with van der Waals surface area (Å²) in [6, 6.07) is 1.75. The lowest BCUT2D eigenvalue weighted by atomic mass is 10.1. The van der Waals surface area contributed by atoms with E-state index in [2.05, 4.69) is 20.0 Å². The molecule has 8 heteroatoms. The van der Waals surface area contributed by atoms with Gasteiger partial charge in [-0.1, -0.05) is 11.6 Å². The predicted molar refractivity (Wildman–Crippen MR) is 77.1 cm³/mol. The minimum Gasteiger partial charge on any atom is -0.370 e. The molecular formula is C11H14ClN7. The number of fused-ring (bicyclic) bond motifs is 1. The van der Waals surface area contributed by atoms with Gasteiger partial charge in [-0.25, -0.2) is 4.98 Å².